The van der Waals surface area contributed by atoms with E-state index < -0.39 is 5.82 Å². The molecule has 0 aliphatic carbocycles. The molecule has 1 heterocycles. The number of hydrogen-bond acceptors (Lipinski definition) is 2. The molecule has 0 unspecified atom stereocenters. The summed E-state index contributed by atoms with van der Waals surface area (Å²) in [5.41, 5.74) is 2.18. The summed E-state index contributed by atoms with van der Waals surface area (Å²) in [4.78, 5) is 16.1. The third kappa shape index (κ3) is 2.38. The van der Waals surface area contributed by atoms with E-state index in [2.05, 4.69) is 4.98 Å². The van der Waals surface area contributed by atoms with Gasteiger partial charge in [-0.2, -0.15) is 0 Å². The number of pyridine rings is 1. The van der Waals surface area contributed by atoms with Crippen LogP contribution in [0.1, 0.15) is 27.2 Å². The molecule has 2 rings (SSSR count). The lowest BCUT2D eigenvalue weighted by Gasteiger charge is -2.04. The van der Waals surface area contributed by atoms with Crippen molar-refractivity contribution in [2.45, 2.75) is 13.8 Å². The average molecular weight is 229 g/mol. The van der Waals surface area contributed by atoms with Gasteiger partial charge in [0.05, 0.1) is 5.56 Å². The van der Waals surface area contributed by atoms with Crippen LogP contribution in [-0.2, 0) is 0 Å². The molecule has 1 aromatic carbocycles. The summed E-state index contributed by atoms with van der Waals surface area (Å²) in [6.45, 7) is 3.66. The van der Waals surface area contributed by atoms with Crippen molar-refractivity contribution in [2.24, 2.45) is 0 Å². The Morgan fingerprint density at radius 1 is 1.18 bits per heavy atom. The zero-order valence-electron chi connectivity index (χ0n) is 9.70. The van der Waals surface area contributed by atoms with Crippen LogP contribution in [0, 0.1) is 19.7 Å². The second-order valence-corrected chi connectivity index (χ2v) is 4.00. The molecule has 0 saturated carbocycles. The number of carbonyl (C=O) groups is 1. The zero-order chi connectivity index (χ0) is 12.4. The van der Waals surface area contributed by atoms with Crippen molar-refractivity contribution >= 4 is 5.78 Å². The number of hydrogen-bond donors (Lipinski definition) is 0. The number of rotatable bonds is 2. The van der Waals surface area contributed by atoms with Gasteiger partial charge in [0.15, 0.2) is 5.78 Å². The van der Waals surface area contributed by atoms with Crippen LogP contribution in [0.25, 0.3) is 0 Å². The van der Waals surface area contributed by atoms with E-state index in [1.807, 2.05) is 13.8 Å². The predicted molar refractivity (Wildman–Crippen MR) is 63.5 cm³/mol. The van der Waals surface area contributed by atoms with Gasteiger partial charge in [-0.15, -0.1) is 0 Å². The van der Waals surface area contributed by atoms with E-state index in [1.165, 1.54) is 12.3 Å². The normalized spacial score (nSPS) is 10.3. The van der Waals surface area contributed by atoms with Crippen molar-refractivity contribution in [3.8, 4) is 0 Å². The lowest BCUT2D eigenvalue weighted by Crippen LogP contribution is -2.05. The first-order valence-corrected chi connectivity index (χ1v) is 5.31. The Morgan fingerprint density at radius 3 is 2.59 bits per heavy atom. The Labute approximate surface area is 99.1 Å². The molecular formula is C14H12FNO. The maximum absolute atomic E-state index is 13.5. The molecule has 0 radical (unpaired) electrons. The molecule has 0 amide bonds. The van der Waals surface area contributed by atoms with Gasteiger partial charge in [-0.1, -0.05) is 11.6 Å². The fourth-order valence-corrected chi connectivity index (χ4v) is 1.57. The van der Waals surface area contributed by atoms with Crippen LogP contribution < -0.4 is 0 Å². The zero-order valence-corrected chi connectivity index (χ0v) is 9.70. The molecule has 0 bridgehead atoms. The summed E-state index contributed by atoms with van der Waals surface area (Å²) in [6.07, 6.45) is 1.47. The van der Waals surface area contributed by atoms with Crippen molar-refractivity contribution in [2.75, 3.05) is 0 Å². The quantitative estimate of drug-likeness (QED) is 0.741. The molecule has 86 valence electrons. The Morgan fingerprint density at radius 2 is 1.94 bits per heavy atom. The second-order valence-electron chi connectivity index (χ2n) is 4.00. The van der Waals surface area contributed by atoms with Gasteiger partial charge in [0, 0.05) is 17.5 Å². The number of nitrogens with zero attached hydrogens (tertiary/aromatic N) is 1. The molecule has 0 spiro atoms. The van der Waals surface area contributed by atoms with Crippen LogP contribution in [-0.4, -0.2) is 10.8 Å². The highest BCUT2D eigenvalue weighted by Gasteiger charge is 2.14. The molecule has 0 aliphatic rings. The fraction of sp³-hybridized carbons (Fsp3) is 0.143. The Balaban J connectivity index is 2.43. The molecule has 0 aliphatic heterocycles. The van der Waals surface area contributed by atoms with Crippen LogP contribution in [0.2, 0.25) is 0 Å². The van der Waals surface area contributed by atoms with Crippen molar-refractivity contribution < 1.29 is 9.18 Å². The molecule has 1 aromatic heterocycles. The van der Waals surface area contributed by atoms with Crippen molar-refractivity contribution in [3.05, 3.63) is 64.7 Å². The van der Waals surface area contributed by atoms with Crippen molar-refractivity contribution in [1.29, 1.82) is 0 Å². The van der Waals surface area contributed by atoms with E-state index in [-0.39, 0.29) is 11.3 Å². The van der Waals surface area contributed by atoms with Crippen molar-refractivity contribution in [3.63, 3.8) is 0 Å². The standard InChI is InChI=1S/C14H12FNO/c1-9-3-6-13(15)12(7-9)14(17)11-5-4-10(2)16-8-11/h3-8H,1-2H3. The van der Waals surface area contributed by atoms with Gasteiger partial charge in [0.2, 0.25) is 0 Å². The monoisotopic (exact) mass is 229 g/mol. The highest BCUT2D eigenvalue weighted by Crippen LogP contribution is 2.15. The fourth-order valence-electron chi connectivity index (χ4n) is 1.57. The van der Waals surface area contributed by atoms with E-state index in [9.17, 15) is 9.18 Å². The summed E-state index contributed by atoms with van der Waals surface area (Å²) in [5.74, 6) is -0.833. The minimum Gasteiger partial charge on any atom is -0.288 e. The van der Waals surface area contributed by atoms with Crippen LogP contribution in [0.4, 0.5) is 4.39 Å². The lowest BCUT2D eigenvalue weighted by atomic mass is 10.0. The average Bonchev–Trinajstić information content (AvgIpc) is 2.32. The number of aryl methyl sites for hydroxylation is 2. The van der Waals surface area contributed by atoms with E-state index in [0.29, 0.717) is 5.56 Å². The van der Waals surface area contributed by atoms with E-state index in [1.54, 1.807) is 24.3 Å². The molecule has 0 atom stereocenters. The summed E-state index contributed by atoms with van der Waals surface area (Å²) in [6, 6.07) is 7.90. The van der Waals surface area contributed by atoms with Crippen molar-refractivity contribution in [1.82, 2.24) is 4.98 Å². The van der Waals surface area contributed by atoms with Gasteiger partial charge >= 0.3 is 0 Å². The molecule has 0 fully saturated rings. The molecule has 3 heteroatoms. The molecule has 2 nitrogen and oxygen atoms in total. The van der Waals surface area contributed by atoms with Gasteiger partial charge in [0.25, 0.3) is 0 Å². The maximum Gasteiger partial charge on any atom is 0.197 e. The topological polar surface area (TPSA) is 30.0 Å². The first-order chi connectivity index (χ1) is 8.08. The first-order valence-electron chi connectivity index (χ1n) is 5.31. The summed E-state index contributed by atoms with van der Waals surface area (Å²) >= 11 is 0. The van der Waals surface area contributed by atoms with Crippen LogP contribution in [0.3, 0.4) is 0 Å². The third-order valence-corrected chi connectivity index (χ3v) is 2.54. The number of carbonyl (C=O) groups excluding carboxylic acids is 1. The summed E-state index contributed by atoms with van der Waals surface area (Å²) in [5, 5.41) is 0. The highest BCUT2D eigenvalue weighted by atomic mass is 19.1. The number of benzene rings is 1. The number of halogens is 1. The molecule has 0 saturated heterocycles. The van der Waals surface area contributed by atoms with Gasteiger partial charge in [-0.05, 0) is 38.1 Å². The number of aromatic nitrogens is 1. The van der Waals surface area contributed by atoms with E-state index >= 15 is 0 Å². The van der Waals surface area contributed by atoms with Crippen LogP contribution >= 0.6 is 0 Å². The van der Waals surface area contributed by atoms with Crippen LogP contribution in [0.15, 0.2) is 36.5 Å². The molecular weight excluding hydrogens is 217 g/mol. The number of ketones is 1. The molecule has 17 heavy (non-hydrogen) atoms. The first kappa shape index (κ1) is 11.5. The minimum atomic E-state index is -0.499. The Bertz CT molecular complexity index is 561. The van der Waals surface area contributed by atoms with Gasteiger partial charge < -0.3 is 0 Å². The molecule has 0 N–H and O–H groups in total. The lowest BCUT2D eigenvalue weighted by molar-refractivity contribution is 0.103. The van der Waals surface area contributed by atoms with Gasteiger partial charge in [0.1, 0.15) is 5.82 Å². The smallest absolute Gasteiger partial charge is 0.197 e. The van der Waals surface area contributed by atoms with E-state index in [0.717, 1.165) is 11.3 Å². The van der Waals surface area contributed by atoms with Gasteiger partial charge in [-0.25, -0.2) is 4.39 Å². The highest BCUT2D eigenvalue weighted by molar-refractivity contribution is 6.09. The van der Waals surface area contributed by atoms with E-state index in [4.69, 9.17) is 0 Å². The van der Waals surface area contributed by atoms with Gasteiger partial charge in [-0.3, -0.25) is 9.78 Å². The minimum absolute atomic E-state index is 0.0932. The summed E-state index contributed by atoms with van der Waals surface area (Å²) < 4.78 is 13.5. The Hall–Kier alpha value is -2.03. The third-order valence-electron chi connectivity index (χ3n) is 2.54. The maximum atomic E-state index is 13.5. The molecule has 2 aromatic rings. The SMILES string of the molecule is Cc1ccc(F)c(C(=O)c2ccc(C)nc2)c1. The van der Waals surface area contributed by atoms with Crippen LogP contribution in [0.5, 0.6) is 0 Å². The second kappa shape index (κ2) is 4.45. The summed E-state index contributed by atoms with van der Waals surface area (Å²) in [7, 11) is 0. The predicted octanol–water partition coefficient (Wildman–Crippen LogP) is 3.07. The Kier molecular flexibility index (Phi) is 3.00. The largest absolute Gasteiger partial charge is 0.288 e.